The molecule has 1 aliphatic rings. The first-order valence-electron chi connectivity index (χ1n) is 6.79. The molecule has 2 heterocycles. The topological polar surface area (TPSA) is 58.3 Å². The molecule has 1 aliphatic heterocycles. The molecule has 1 atom stereocenters. The monoisotopic (exact) mass is 249 g/mol. The highest BCUT2D eigenvalue weighted by Crippen LogP contribution is 2.23. The van der Waals surface area contributed by atoms with Gasteiger partial charge in [0.05, 0.1) is 6.20 Å². The number of rotatable bonds is 5. The summed E-state index contributed by atoms with van der Waals surface area (Å²) < 4.78 is 0. The molecule has 0 aliphatic carbocycles. The molecule has 1 aromatic rings. The first-order valence-corrected chi connectivity index (χ1v) is 6.79. The van der Waals surface area contributed by atoms with Crippen LogP contribution in [-0.4, -0.2) is 47.3 Å². The zero-order valence-corrected chi connectivity index (χ0v) is 11.3. The van der Waals surface area contributed by atoms with Crippen molar-refractivity contribution in [3.8, 4) is 0 Å². The Bertz CT molecular complexity index is 377. The van der Waals surface area contributed by atoms with E-state index in [4.69, 9.17) is 5.73 Å². The van der Waals surface area contributed by atoms with Crippen LogP contribution < -0.4 is 10.6 Å². The minimum Gasteiger partial charge on any atom is -0.353 e. The molecule has 1 unspecified atom stereocenters. The van der Waals surface area contributed by atoms with Gasteiger partial charge in [0.25, 0.3) is 0 Å². The molecule has 0 amide bonds. The number of nitrogens with two attached hydrogens (primary N) is 1. The van der Waals surface area contributed by atoms with Gasteiger partial charge < -0.3 is 10.6 Å². The van der Waals surface area contributed by atoms with Gasteiger partial charge in [0, 0.05) is 31.2 Å². The minimum absolute atomic E-state index is 0.525. The normalized spacial score (nSPS) is 19.8. The molecule has 5 heteroatoms. The van der Waals surface area contributed by atoms with Gasteiger partial charge in [-0.15, -0.1) is 5.10 Å². The molecule has 1 saturated heterocycles. The zero-order chi connectivity index (χ0) is 13.0. The third kappa shape index (κ3) is 2.62. The molecule has 100 valence electrons. The standard InChI is InChI=1S/C13H23N5/c1-3-17(4-2)12-6-8-18(10-12)13-11(9-14)5-7-15-16-13/h5,7,12H,3-4,6,8-10,14H2,1-2H3. The third-order valence-electron chi connectivity index (χ3n) is 3.79. The molecular weight excluding hydrogens is 226 g/mol. The Kier molecular flexibility index (Phi) is 4.49. The second-order valence-electron chi connectivity index (χ2n) is 4.69. The summed E-state index contributed by atoms with van der Waals surface area (Å²) in [5.41, 5.74) is 6.85. The summed E-state index contributed by atoms with van der Waals surface area (Å²) in [6.45, 7) is 9.27. The summed E-state index contributed by atoms with van der Waals surface area (Å²) in [5, 5.41) is 8.24. The van der Waals surface area contributed by atoms with Crippen LogP contribution in [0, 0.1) is 0 Å². The average molecular weight is 249 g/mol. The fourth-order valence-corrected chi connectivity index (χ4v) is 2.75. The maximum atomic E-state index is 5.76. The lowest BCUT2D eigenvalue weighted by Gasteiger charge is -2.26. The van der Waals surface area contributed by atoms with Crippen LogP contribution in [0.5, 0.6) is 0 Å². The van der Waals surface area contributed by atoms with Gasteiger partial charge in [-0.05, 0) is 25.6 Å². The lowest BCUT2D eigenvalue weighted by molar-refractivity contribution is 0.232. The van der Waals surface area contributed by atoms with E-state index in [2.05, 4.69) is 33.8 Å². The number of likely N-dealkylation sites (N-methyl/N-ethyl adjacent to an activating group) is 1. The summed E-state index contributed by atoms with van der Waals surface area (Å²) in [6, 6.07) is 2.60. The van der Waals surface area contributed by atoms with Gasteiger partial charge in [-0.3, -0.25) is 4.90 Å². The van der Waals surface area contributed by atoms with Crippen molar-refractivity contribution >= 4 is 5.82 Å². The lowest BCUT2D eigenvalue weighted by atomic mass is 10.2. The van der Waals surface area contributed by atoms with Gasteiger partial charge in [0.2, 0.25) is 0 Å². The Morgan fingerprint density at radius 1 is 1.44 bits per heavy atom. The van der Waals surface area contributed by atoms with Gasteiger partial charge >= 0.3 is 0 Å². The summed E-state index contributed by atoms with van der Waals surface area (Å²) in [5.74, 6) is 0.967. The van der Waals surface area contributed by atoms with Crippen LogP contribution in [-0.2, 0) is 6.54 Å². The molecule has 0 radical (unpaired) electrons. The number of aromatic nitrogens is 2. The van der Waals surface area contributed by atoms with Crippen molar-refractivity contribution in [1.82, 2.24) is 15.1 Å². The SMILES string of the molecule is CCN(CC)C1CCN(c2nnccc2CN)C1. The maximum absolute atomic E-state index is 5.76. The van der Waals surface area contributed by atoms with E-state index in [0.29, 0.717) is 12.6 Å². The van der Waals surface area contributed by atoms with E-state index in [-0.39, 0.29) is 0 Å². The largest absolute Gasteiger partial charge is 0.353 e. The van der Waals surface area contributed by atoms with Crippen molar-refractivity contribution in [3.05, 3.63) is 17.8 Å². The first-order chi connectivity index (χ1) is 8.80. The highest BCUT2D eigenvalue weighted by Gasteiger charge is 2.28. The van der Waals surface area contributed by atoms with Gasteiger partial charge in [0.1, 0.15) is 0 Å². The quantitative estimate of drug-likeness (QED) is 0.838. The summed E-state index contributed by atoms with van der Waals surface area (Å²) in [6.07, 6.45) is 2.91. The number of hydrogen-bond acceptors (Lipinski definition) is 5. The Hall–Kier alpha value is -1.20. The maximum Gasteiger partial charge on any atom is 0.155 e. The highest BCUT2D eigenvalue weighted by atomic mass is 15.3. The molecule has 1 aromatic heterocycles. The summed E-state index contributed by atoms with van der Waals surface area (Å²) >= 11 is 0. The van der Waals surface area contributed by atoms with Crippen LogP contribution in [0.4, 0.5) is 5.82 Å². The van der Waals surface area contributed by atoms with Crippen LogP contribution in [0.2, 0.25) is 0 Å². The van der Waals surface area contributed by atoms with E-state index in [1.807, 2.05) is 6.07 Å². The molecule has 5 nitrogen and oxygen atoms in total. The van der Waals surface area contributed by atoms with Crippen molar-refractivity contribution in [2.75, 3.05) is 31.1 Å². The second-order valence-corrected chi connectivity index (χ2v) is 4.69. The number of nitrogens with zero attached hydrogens (tertiary/aromatic N) is 4. The van der Waals surface area contributed by atoms with Gasteiger partial charge in [-0.1, -0.05) is 13.8 Å². The summed E-state index contributed by atoms with van der Waals surface area (Å²) in [4.78, 5) is 4.83. The van der Waals surface area contributed by atoms with Gasteiger partial charge in [-0.25, -0.2) is 0 Å². The second kappa shape index (κ2) is 6.11. The smallest absolute Gasteiger partial charge is 0.155 e. The molecule has 1 fully saturated rings. The Balaban J connectivity index is 2.08. The minimum atomic E-state index is 0.525. The van der Waals surface area contributed by atoms with Crippen molar-refractivity contribution < 1.29 is 0 Å². The first kappa shape index (κ1) is 13.2. The molecule has 2 rings (SSSR count). The number of hydrogen-bond donors (Lipinski definition) is 1. The van der Waals surface area contributed by atoms with Crippen LogP contribution in [0.1, 0.15) is 25.8 Å². The van der Waals surface area contributed by atoms with E-state index in [0.717, 1.165) is 37.6 Å². The summed E-state index contributed by atoms with van der Waals surface area (Å²) in [7, 11) is 0. The van der Waals surface area contributed by atoms with Crippen LogP contribution in [0.25, 0.3) is 0 Å². The molecule has 0 spiro atoms. The van der Waals surface area contributed by atoms with Crippen molar-refractivity contribution in [2.24, 2.45) is 5.73 Å². The van der Waals surface area contributed by atoms with E-state index in [1.165, 1.54) is 6.42 Å². The predicted molar refractivity (Wildman–Crippen MR) is 73.5 cm³/mol. The van der Waals surface area contributed by atoms with Gasteiger partial charge in [-0.2, -0.15) is 5.10 Å². The Labute approximate surface area is 109 Å². The van der Waals surface area contributed by atoms with E-state index >= 15 is 0 Å². The van der Waals surface area contributed by atoms with Crippen LogP contribution in [0.3, 0.4) is 0 Å². The molecule has 0 aromatic carbocycles. The van der Waals surface area contributed by atoms with Crippen LogP contribution in [0.15, 0.2) is 12.3 Å². The van der Waals surface area contributed by atoms with E-state index < -0.39 is 0 Å². The lowest BCUT2D eigenvalue weighted by Crippen LogP contribution is -2.37. The van der Waals surface area contributed by atoms with Crippen molar-refractivity contribution in [1.29, 1.82) is 0 Å². The highest BCUT2D eigenvalue weighted by molar-refractivity contribution is 5.46. The fourth-order valence-electron chi connectivity index (χ4n) is 2.75. The molecule has 18 heavy (non-hydrogen) atoms. The Morgan fingerprint density at radius 2 is 2.22 bits per heavy atom. The predicted octanol–water partition coefficient (Wildman–Crippen LogP) is 0.856. The Morgan fingerprint density at radius 3 is 2.89 bits per heavy atom. The average Bonchev–Trinajstić information content (AvgIpc) is 2.89. The molecule has 2 N–H and O–H groups in total. The van der Waals surface area contributed by atoms with Crippen molar-refractivity contribution in [2.45, 2.75) is 32.9 Å². The molecular formula is C13H23N5. The van der Waals surface area contributed by atoms with E-state index in [1.54, 1.807) is 6.20 Å². The van der Waals surface area contributed by atoms with Crippen molar-refractivity contribution in [3.63, 3.8) is 0 Å². The fraction of sp³-hybridized carbons (Fsp3) is 0.692. The third-order valence-corrected chi connectivity index (χ3v) is 3.79. The van der Waals surface area contributed by atoms with E-state index in [9.17, 15) is 0 Å². The van der Waals surface area contributed by atoms with Crippen LogP contribution >= 0.6 is 0 Å². The van der Waals surface area contributed by atoms with Gasteiger partial charge in [0.15, 0.2) is 5.82 Å². The molecule has 0 bridgehead atoms. The molecule has 0 saturated carbocycles. The number of anilines is 1. The zero-order valence-electron chi connectivity index (χ0n) is 11.3.